The van der Waals surface area contributed by atoms with Crippen LogP contribution in [-0.4, -0.2) is 13.7 Å². The van der Waals surface area contributed by atoms with Crippen molar-refractivity contribution in [2.75, 3.05) is 4.90 Å². The van der Waals surface area contributed by atoms with Gasteiger partial charge in [-0.2, -0.15) is 0 Å². The second kappa shape index (κ2) is 19.4. The van der Waals surface area contributed by atoms with Gasteiger partial charge in [-0.1, -0.05) is 137 Å². The van der Waals surface area contributed by atoms with Crippen molar-refractivity contribution in [3.8, 4) is 5.69 Å². The smallest absolute Gasteiger partial charge is 0.0577 e. The average Bonchev–Trinajstić information content (AvgIpc) is 3.94. The van der Waals surface area contributed by atoms with Crippen LogP contribution < -0.4 is 4.90 Å². The molecule has 3 heterocycles. The fourth-order valence-corrected chi connectivity index (χ4v) is 9.84. The molecule has 65 heavy (non-hydrogen) atoms. The highest BCUT2D eigenvalue weighted by atomic mass is 15.1. The summed E-state index contributed by atoms with van der Waals surface area (Å²) in [7, 11) is 0. The van der Waals surface area contributed by atoms with Crippen molar-refractivity contribution >= 4 is 73.2 Å². The molecule has 2 unspecified atom stereocenters. The Bertz CT molecular complexity index is 3150. The third-order valence-corrected chi connectivity index (χ3v) is 13.1. The molecule has 0 aliphatic rings. The number of unbranched alkanes of at least 4 members (excludes halogenated alkanes) is 1. The summed E-state index contributed by atoms with van der Waals surface area (Å²) in [6.07, 6.45) is 25.5. The number of hydrogen-bond acceptors (Lipinski definition) is 1. The first-order valence-electron chi connectivity index (χ1n) is 23.4. The molecule has 0 saturated carbocycles. The van der Waals surface area contributed by atoms with Gasteiger partial charge in [0.1, 0.15) is 0 Å². The summed E-state index contributed by atoms with van der Waals surface area (Å²) in [6.45, 7) is 26.5. The van der Waals surface area contributed by atoms with Crippen molar-refractivity contribution in [1.82, 2.24) is 13.7 Å². The highest BCUT2D eigenvalue weighted by Crippen LogP contribution is 2.38. The van der Waals surface area contributed by atoms with E-state index in [4.69, 9.17) is 0 Å². The molecule has 0 amide bonds. The first-order valence-corrected chi connectivity index (χ1v) is 23.4. The van der Waals surface area contributed by atoms with Crippen molar-refractivity contribution in [2.45, 2.75) is 80.7 Å². The van der Waals surface area contributed by atoms with Crippen LogP contribution in [0.1, 0.15) is 93.6 Å². The van der Waals surface area contributed by atoms with Gasteiger partial charge in [-0.15, -0.1) is 6.58 Å². The van der Waals surface area contributed by atoms with E-state index in [1.165, 1.54) is 71.6 Å². The van der Waals surface area contributed by atoms with Gasteiger partial charge in [-0.25, -0.2) is 0 Å². The first-order chi connectivity index (χ1) is 31.6. The minimum Gasteiger partial charge on any atom is -0.337 e. The Morgan fingerprint density at radius 1 is 0.692 bits per heavy atom. The fourth-order valence-electron chi connectivity index (χ4n) is 9.84. The van der Waals surface area contributed by atoms with Crippen LogP contribution in [0.2, 0.25) is 0 Å². The van der Waals surface area contributed by atoms with E-state index in [1.54, 1.807) is 0 Å². The number of allylic oxidation sites excluding steroid dienone is 8. The van der Waals surface area contributed by atoms with Gasteiger partial charge in [0.15, 0.2) is 0 Å². The summed E-state index contributed by atoms with van der Waals surface area (Å²) < 4.78 is 7.27. The molecule has 4 nitrogen and oxygen atoms in total. The summed E-state index contributed by atoms with van der Waals surface area (Å²) in [4.78, 5) is 2.33. The van der Waals surface area contributed by atoms with Crippen LogP contribution >= 0.6 is 0 Å². The maximum Gasteiger partial charge on any atom is 0.0577 e. The molecule has 0 saturated heterocycles. The Kier molecular flexibility index (Phi) is 13.3. The van der Waals surface area contributed by atoms with Gasteiger partial charge in [0.05, 0.1) is 33.8 Å². The van der Waals surface area contributed by atoms with Gasteiger partial charge < -0.3 is 18.6 Å². The predicted molar refractivity (Wildman–Crippen MR) is 286 cm³/mol. The minimum atomic E-state index is 0.0354. The van der Waals surface area contributed by atoms with Crippen molar-refractivity contribution in [3.05, 3.63) is 204 Å². The number of fused-ring (bicyclic) bond motifs is 5. The Labute approximate surface area is 386 Å². The molecular formula is C61H64N4. The minimum absolute atomic E-state index is 0.0354. The molecular weight excluding hydrogens is 789 g/mol. The van der Waals surface area contributed by atoms with Gasteiger partial charge >= 0.3 is 0 Å². The number of nitrogens with zero attached hydrogens (tertiary/aromatic N) is 4. The first kappa shape index (κ1) is 44.6. The lowest BCUT2D eigenvalue weighted by molar-refractivity contribution is 0.495. The summed E-state index contributed by atoms with van der Waals surface area (Å²) in [6, 6.07) is 39.7. The van der Waals surface area contributed by atoms with E-state index in [2.05, 4.69) is 251 Å². The average molecular weight is 853 g/mol. The van der Waals surface area contributed by atoms with E-state index in [9.17, 15) is 0 Å². The molecule has 0 bridgehead atoms. The number of para-hydroxylation sites is 3. The largest absolute Gasteiger partial charge is 0.337 e. The van der Waals surface area contributed by atoms with Crippen molar-refractivity contribution in [2.24, 2.45) is 5.92 Å². The number of hydrogen-bond donors (Lipinski definition) is 0. The molecule has 5 aromatic carbocycles. The van der Waals surface area contributed by atoms with E-state index in [0.29, 0.717) is 0 Å². The van der Waals surface area contributed by atoms with E-state index in [1.807, 2.05) is 6.08 Å². The molecule has 0 spiro atoms. The number of anilines is 1. The lowest BCUT2D eigenvalue weighted by atomic mass is 10.0. The van der Waals surface area contributed by atoms with E-state index >= 15 is 0 Å². The van der Waals surface area contributed by atoms with E-state index < -0.39 is 0 Å². The van der Waals surface area contributed by atoms with Gasteiger partial charge in [-0.05, 0) is 119 Å². The monoisotopic (exact) mass is 853 g/mol. The number of aryl methyl sites for hydroxylation is 2. The Morgan fingerprint density at radius 2 is 1.34 bits per heavy atom. The number of aromatic nitrogens is 3. The van der Waals surface area contributed by atoms with Crippen LogP contribution in [-0.2, 0) is 0 Å². The quantitative estimate of drug-likeness (QED) is 0.0699. The van der Waals surface area contributed by atoms with Crippen LogP contribution in [0.3, 0.4) is 0 Å². The zero-order valence-corrected chi connectivity index (χ0v) is 39.6. The highest BCUT2D eigenvalue weighted by Gasteiger charge is 2.23. The van der Waals surface area contributed by atoms with Crippen LogP contribution in [0.25, 0.3) is 73.2 Å². The molecule has 4 heteroatoms. The molecule has 8 aromatic rings. The Morgan fingerprint density at radius 3 is 2.00 bits per heavy atom. The molecule has 2 atom stereocenters. The fraction of sp³-hybridized carbons (Fsp3) is 0.213. The molecule has 0 aliphatic carbocycles. The third kappa shape index (κ3) is 8.30. The van der Waals surface area contributed by atoms with Gasteiger partial charge in [-0.3, -0.25) is 0 Å². The molecule has 3 aromatic heterocycles. The Balaban J connectivity index is 1.23. The second-order valence-corrected chi connectivity index (χ2v) is 17.4. The maximum atomic E-state index is 4.44. The molecule has 0 radical (unpaired) electrons. The second-order valence-electron chi connectivity index (χ2n) is 17.4. The van der Waals surface area contributed by atoms with E-state index in [0.717, 1.165) is 47.7 Å². The number of benzene rings is 5. The number of rotatable bonds is 16. The zero-order valence-electron chi connectivity index (χ0n) is 39.6. The van der Waals surface area contributed by atoms with Crippen molar-refractivity contribution in [1.29, 1.82) is 0 Å². The lowest BCUT2D eigenvalue weighted by Gasteiger charge is -2.26. The molecule has 0 N–H and O–H groups in total. The lowest BCUT2D eigenvalue weighted by Crippen LogP contribution is -2.18. The van der Waals surface area contributed by atoms with Gasteiger partial charge in [0, 0.05) is 73.3 Å². The topological polar surface area (TPSA) is 18.0 Å². The Hall–Kier alpha value is -7.04. The summed E-state index contributed by atoms with van der Waals surface area (Å²) in [5.74, 6) is 0.123. The van der Waals surface area contributed by atoms with Crippen LogP contribution in [0, 0.1) is 26.7 Å². The zero-order chi connectivity index (χ0) is 45.8. The molecule has 8 rings (SSSR count). The molecule has 0 aliphatic heterocycles. The summed E-state index contributed by atoms with van der Waals surface area (Å²) >= 11 is 0. The van der Waals surface area contributed by atoms with Gasteiger partial charge in [0.2, 0.25) is 0 Å². The third-order valence-electron chi connectivity index (χ3n) is 13.1. The normalized spacial score (nSPS) is 13.7. The SMILES string of the molecule is C=Cc1c(/C=C\CC)n(/C(C)=C/C=C(\C)N(/C=C/C(C)C(C=C)n2c(C)c(/C=C\CCC)c3cccc(C)c32)c2ccc(-n3c4ccccc4c4ccccc43)cc2)c2cccc(C)c12. The van der Waals surface area contributed by atoms with Crippen LogP contribution in [0.5, 0.6) is 0 Å². The maximum absolute atomic E-state index is 4.44. The summed E-state index contributed by atoms with van der Waals surface area (Å²) in [5, 5.41) is 5.05. The van der Waals surface area contributed by atoms with Gasteiger partial charge in [0.25, 0.3) is 0 Å². The standard InChI is InChI=1S/C61H64N4/c1-11-15-17-26-51-47(10)64(61-44(7)25-22-29-54(51)61)55(14-4)42(5)40-41-62(48-36-38-49(39-37-48)65-57-31-20-18-27-52(57)53-28-19-21-32-58(53)65)45(8)34-35-46(9)63-56(30-16-12-2)50(13-3)60-43(6)24-23-33-59(60)63/h13-14,16-42,55H,3-4,11-12,15H2,1-2,5-10H3/b26-17-,30-16-,41-40+,45-34+,46-35+. The van der Waals surface area contributed by atoms with Crippen LogP contribution in [0.15, 0.2) is 171 Å². The molecule has 0 fully saturated rings. The van der Waals surface area contributed by atoms with Crippen molar-refractivity contribution in [3.63, 3.8) is 0 Å². The highest BCUT2D eigenvalue weighted by molar-refractivity contribution is 6.09. The summed E-state index contributed by atoms with van der Waals surface area (Å²) in [5.41, 5.74) is 16.7. The predicted octanol–water partition coefficient (Wildman–Crippen LogP) is 17.3. The molecule has 328 valence electrons. The van der Waals surface area contributed by atoms with E-state index in [-0.39, 0.29) is 12.0 Å². The van der Waals surface area contributed by atoms with Crippen molar-refractivity contribution < 1.29 is 0 Å². The van der Waals surface area contributed by atoms with Crippen LogP contribution in [0.4, 0.5) is 5.69 Å².